The number of nitrogens with one attached hydrogen (secondary N) is 1. The second-order valence-corrected chi connectivity index (χ2v) is 6.85. The highest BCUT2D eigenvalue weighted by atomic mass is 35.5. The number of nitrogens with zero attached hydrogens (tertiary/aromatic N) is 2. The van der Waals surface area contributed by atoms with Crippen LogP contribution in [0.5, 0.6) is 0 Å². The van der Waals surface area contributed by atoms with Crippen molar-refractivity contribution in [3.63, 3.8) is 0 Å². The van der Waals surface area contributed by atoms with E-state index in [2.05, 4.69) is 5.32 Å². The number of non-ortho nitro benzene ring substituents is 1. The number of fused-ring (bicyclic) bond motifs is 3. The molecule has 0 amide bonds. The van der Waals surface area contributed by atoms with E-state index in [1.54, 1.807) is 18.2 Å². The van der Waals surface area contributed by atoms with Gasteiger partial charge in [-0.1, -0.05) is 42.0 Å². The Balaban J connectivity index is 1.86. The van der Waals surface area contributed by atoms with Crippen LogP contribution in [0.2, 0.25) is 5.02 Å². The zero-order chi connectivity index (χ0) is 18.4. The number of halogens is 1. The highest BCUT2D eigenvalue weighted by Gasteiger charge is 2.41. The van der Waals surface area contributed by atoms with Gasteiger partial charge in [-0.05, 0) is 17.9 Å². The lowest BCUT2D eigenvalue weighted by Gasteiger charge is -2.37. The van der Waals surface area contributed by atoms with Crippen molar-refractivity contribution in [1.82, 2.24) is 0 Å². The highest BCUT2D eigenvalue weighted by molar-refractivity contribution is 6.33. The van der Waals surface area contributed by atoms with Crippen LogP contribution in [0.1, 0.15) is 29.5 Å². The maximum Gasteiger partial charge on any atom is 0.274 e. The van der Waals surface area contributed by atoms with Gasteiger partial charge in [-0.15, -0.1) is 0 Å². The van der Waals surface area contributed by atoms with Crippen LogP contribution in [0.3, 0.4) is 0 Å². The molecule has 0 radical (unpaired) electrons. The summed E-state index contributed by atoms with van der Waals surface area (Å²) in [6.45, 7) is 0. The van der Waals surface area contributed by atoms with E-state index in [0.29, 0.717) is 11.3 Å². The fourth-order valence-electron chi connectivity index (χ4n) is 3.97. The third-order valence-corrected chi connectivity index (χ3v) is 5.38. The average molecular weight is 372 g/mol. The number of anilines is 1. The molecule has 0 bridgehead atoms. The molecule has 8 heteroatoms. The SMILES string of the molecule is O=[N+]([O-])c1cc(Cl)c2c(c1)[C@@H]1C=CC[C@@H]1[C@H](c1ccccc1[N+](=O)[O-])N2. The minimum atomic E-state index is -0.464. The summed E-state index contributed by atoms with van der Waals surface area (Å²) in [6.07, 6.45) is 4.75. The van der Waals surface area contributed by atoms with E-state index in [-0.39, 0.29) is 39.2 Å². The molecular weight excluding hydrogens is 358 g/mol. The summed E-state index contributed by atoms with van der Waals surface area (Å²) in [4.78, 5) is 21.8. The Bertz CT molecular complexity index is 959. The molecule has 2 aromatic carbocycles. The van der Waals surface area contributed by atoms with Crippen molar-refractivity contribution in [3.8, 4) is 0 Å². The number of nitro groups is 2. The van der Waals surface area contributed by atoms with Crippen LogP contribution in [0.25, 0.3) is 0 Å². The van der Waals surface area contributed by atoms with Crippen LogP contribution < -0.4 is 5.32 Å². The van der Waals surface area contributed by atoms with Gasteiger partial charge in [0.15, 0.2) is 0 Å². The van der Waals surface area contributed by atoms with Crippen molar-refractivity contribution in [3.05, 3.63) is 84.9 Å². The number of nitro benzene ring substituents is 2. The Morgan fingerprint density at radius 2 is 1.85 bits per heavy atom. The summed E-state index contributed by atoms with van der Waals surface area (Å²) in [6, 6.07) is 9.19. The lowest BCUT2D eigenvalue weighted by molar-refractivity contribution is -0.385. The van der Waals surface area contributed by atoms with Gasteiger partial charge in [0.25, 0.3) is 11.4 Å². The molecule has 26 heavy (non-hydrogen) atoms. The van der Waals surface area contributed by atoms with Gasteiger partial charge in [0, 0.05) is 24.1 Å². The molecule has 1 aliphatic heterocycles. The first kappa shape index (κ1) is 16.5. The van der Waals surface area contributed by atoms with Gasteiger partial charge in [0.1, 0.15) is 0 Å². The van der Waals surface area contributed by atoms with Crippen molar-refractivity contribution in [1.29, 1.82) is 0 Å². The molecule has 132 valence electrons. The fraction of sp³-hybridized carbons (Fsp3) is 0.222. The highest BCUT2D eigenvalue weighted by Crippen LogP contribution is 2.53. The summed E-state index contributed by atoms with van der Waals surface area (Å²) >= 11 is 6.31. The molecule has 1 N–H and O–H groups in total. The predicted octanol–water partition coefficient (Wildman–Crippen LogP) is 4.98. The monoisotopic (exact) mass is 371 g/mol. The molecule has 0 fully saturated rings. The number of hydrogen-bond donors (Lipinski definition) is 1. The molecule has 0 saturated heterocycles. The number of allylic oxidation sites excluding steroid dienone is 2. The number of para-hydroxylation sites is 1. The Labute approximate surface area is 153 Å². The third kappa shape index (κ3) is 2.52. The lowest BCUT2D eigenvalue weighted by Crippen LogP contribution is -2.29. The number of benzene rings is 2. The van der Waals surface area contributed by atoms with Crippen molar-refractivity contribution in [2.24, 2.45) is 5.92 Å². The lowest BCUT2D eigenvalue weighted by atomic mass is 9.76. The van der Waals surface area contributed by atoms with Gasteiger partial charge < -0.3 is 5.32 Å². The summed E-state index contributed by atoms with van der Waals surface area (Å²) in [5, 5.41) is 26.2. The van der Waals surface area contributed by atoms with Crippen molar-refractivity contribution in [2.75, 3.05) is 5.32 Å². The summed E-state index contributed by atoms with van der Waals surface area (Å²) in [5.41, 5.74) is 1.96. The molecule has 0 saturated carbocycles. The maximum atomic E-state index is 11.4. The zero-order valence-electron chi connectivity index (χ0n) is 13.5. The van der Waals surface area contributed by atoms with Gasteiger partial charge in [-0.2, -0.15) is 0 Å². The first-order valence-electron chi connectivity index (χ1n) is 8.11. The van der Waals surface area contributed by atoms with E-state index in [9.17, 15) is 20.2 Å². The van der Waals surface area contributed by atoms with E-state index in [4.69, 9.17) is 11.6 Å². The molecule has 7 nitrogen and oxygen atoms in total. The van der Waals surface area contributed by atoms with Crippen LogP contribution in [-0.4, -0.2) is 9.85 Å². The smallest absolute Gasteiger partial charge is 0.274 e. The van der Waals surface area contributed by atoms with Gasteiger partial charge in [0.05, 0.1) is 32.2 Å². The second kappa shape index (κ2) is 6.10. The first-order chi connectivity index (χ1) is 12.5. The van der Waals surface area contributed by atoms with Crippen molar-refractivity contribution >= 4 is 28.7 Å². The molecule has 2 aromatic rings. The van der Waals surface area contributed by atoms with Gasteiger partial charge >= 0.3 is 0 Å². The van der Waals surface area contributed by atoms with Crippen molar-refractivity contribution < 1.29 is 9.85 Å². The van der Waals surface area contributed by atoms with Crippen LogP contribution in [0, 0.1) is 26.1 Å². The standard InChI is InChI=1S/C18H14ClN3O4/c19-15-9-10(21(23)24)8-14-11-5-3-6-12(11)17(20-18(14)15)13-4-1-2-7-16(13)22(25)26/h1-5,7-9,11-12,17,20H,6H2/t11-,12+,17-/m1/s1. The molecular formula is C18H14ClN3O4. The number of rotatable bonds is 3. The topological polar surface area (TPSA) is 98.3 Å². The van der Waals surface area contributed by atoms with E-state index in [0.717, 1.165) is 12.0 Å². The van der Waals surface area contributed by atoms with Crippen LogP contribution in [0.15, 0.2) is 48.6 Å². The molecule has 0 spiro atoms. The third-order valence-electron chi connectivity index (χ3n) is 5.08. The largest absolute Gasteiger partial charge is 0.376 e. The second-order valence-electron chi connectivity index (χ2n) is 6.44. The number of hydrogen-bond acceptors (Lipinski definition) is 5. The molecule has 0 aromatic heterocycles. The Kier molecular flexibility index (Phi) is 3.88. The summed E-state index contributed by atoms with van der Waals surface area (Å²) in [5.74, 6) is -0.0462. The molecule has 2 aliphatic rings. The van der Waals surface area contributed by atoms with Crippen LogP contribution >= 0.6 is 11.6 Å². The summed E-state index contributed by atoms with van der Waals surface area (Å²) in [7, 11) is 0. The van der Waals surface area contributed by atoms with Gasteiger partial charge in [-0.3, -0.25) is 20.2 Å². The van der Waals surface area contributed by atoms with Gasteiger partial charge in [0.2, 0.25) is 0 Å². The average Bonchev–Trinajstić information content (AvgIpc) is 3.11. The van der Waals surface area contributed by atoms with E-state index in [1.165, 1.54) is 18.2 Å². The van der Waals surface area contributed by atoms with E-state index < -0.39 is 4.92 Å². The minimum Gasteiger partial charge on any atom is -0.376 e. The Hall–Kier alpha value is -2.93. The minimum absolute atomic E-state index is 0.0293. The van der Waals surface area contributed by atoms with Gasteiger partial charge in [-0.25, -0.2) is 0 Å². The molecule has 4 rings (SSSR count). The normalized spacial score (nSPS) is 23.0. The van der Waals surface area contributed by atoms with Crippen LogP contribution in [0.4, 0.5) is 17.1 Å². The van der Waals surface area contributed by atoms with E-state index >= 15 is 0 Å². The predicted molar refractivity (Wildman–Crippen MR) is 97.6 cm³/mol. The maximum absolute atomic E-state index is 11.4. The fourth-order valence-corrected chi connectivity index (χ4v) is 4.25. The molecule has 1 aliphatic carbocycles. The van der Waals surface area contributed by atoms with Crippen LogP contribution in [-0.2, 0) is 0 Å². The quantitative estimate of drug-likeness (QED) is 0.466. The molecule has 0 unspecified atom stereocenters. The summed E-state index contributed by atoms with van der Waals surface area (Å²) < 4.78 is 0. The molecule has 3 atom stereocenters. The zero-order valence-corrected chi connectivity index (χ0v) is 14.2. The molecule has 1 heterocycles. The Morgan fingerprint density at radius 1 is 1.08 bits per heavy atom. The van der Waals surface area contributed by atoms with E-state index in [1.807, 2.05) is 12.2 Å². The Morgan fingerprint density at radius 3 is 2.58 bits per heavy atom. The van der Waals surface area contributed by atoms with Crippen molar-refractivity contribution in [2.45, 2.75) is 18.4 Å². The first-order valence-corrected chi connectivity index (χ1v) is 8.49.